The molecule has 0 saturated carbocycles. The highest BCUT2D eigenvalue weighted by molar-refractivity contribution is 6.29. The lowest BCUT2D eigenvalue weighted by molar-refractivity contribution is -0.164. The zero-order valence-electron chi connectivity index (χ0n) is 23.3. The number of hydrogen-bond donors (Lipinski definition) is 0. The number of halogens is 1. The predicted molar refractivity (Wildman–Crippen MR) is 144 cm³/mol. The minimum Gasteiger partial charge on any atom is -0.493 e. The Balaban J connectivity index is 1.59. The number of hydrogen-bond acceptors (Lipinski definition) is 8. The lowest BCUT2D eigenvalue weighted by Crippen LogP contribution is -2.38. The van der Waals surface area contributed by atoms with Gasteiger partial charge in [0.25, 0.3) is 0 Å². The molecule has 3 rings (SSSR count). The molecule has 2 heterocycles. The van der Waals surface area contributed by atoms with Crippen molar-refractivity contribution < 1.29 is 38.0 Å². The third-order valence-corrected chi connectivity index (χ3v) is 6.93. The summed E-state index contributed by atoms with van der Waals surface area (Å²) >= 11 is 6.48. The van der Waals surface area contributed by atoms with E-state index in [9.17, 15) is 4.79 Å². The maximum absolute atomic E-state index is 11.7. The molecule has 4 atom stereocenters. The van der Waals surface area contributed by atoms with Gasteiger partial charge in [0, 0.05) is 17.0 Å². The Hall–Kier alpha value is -2.10. The largest absolute Gasteiger partial charge is 0.493 e. The van der Waals surface area contributed by atoms with E-state index in [2.05, 4.69) is 0 Å². The number of carbonyl (C=O) groups excluding carboxylic acids is 1. The molecular formula is C29H41ClO8. The smallest absolute Gasteiger partial charge is 0.333 e. The molecule has 1 aromatic rings. The molecule has 9 heteroatoms. The minimum absolute atomic E-state index is 0.0262. The molecule has 2 fully saturated rings. The first kappa shape index (κ1) is 30.4. The number of rotatable bonds is 13. The van der Waals surface area contributed by atoms with E-state index in [0.29, 0.717) is 49.7 Å². The van der Waals surface area contributed by atoms with E-state index in [-0.39, 0.29) is 30.4 Å². The zero-order chi connectivity index (χ0) is 27.7. The van der Waals surface area contributed by atoms with Gasteiger partial charge in [-0.2, -0.15) is 0 Å². The van der Waals surface area contributed by atoms with E-state index < -0.39 is 5.79 Å². The Morgan fingerprint density at radius 2 is 1.95 bits per heavy atom. The molecular weight excluding hydrogens is 512 g/mol. The highest BCUT2D eigenvalue weighted by Gasteiger charge is 2.46. The van der Waals surface area contributed by atoms with Crippen LogP contribution in [-0.2, 0) is 35.1 Å². The lowest BCUT2D eigenvalue weighted by Gasteiger charge is -2.25. The van der Waals surface area contributed by atoms with Crippen molar-refractivity contribution in [2.75, 3.05) is 27.4 Å². The summed E-state index contributed by atoms with van der Waals surface area (Å²) in [5.74, 6) is 0.381. The Labute approximate surface area is 231 Å². The summed E-state index contributed by atoms with van der Waals surface area (Å²) in [4.78, 5) is 11.7. The van der Waals surface area contributed by atoms with Crippen LogP contribution in [-0.4, -0.2) is 63.6 Å². The molecule has 8 nitrogen and oxygen atoms in total. The van der Waals surface area contributed by atoms with Gasteiger partial charge in [0.15, 0.2) is 17.3 Å². The summed E-state index contributed by atoms with van der Waals surface area (Å²) in [6.45, 7) is 8.55. The maximum Gasteiger partial charge on any atom is 0.333 e. The van der Waals surface area contributed by atoms with Crippen LogP contribution < -0.4 is 9.47 Å². The summed E-state index contributed by atoms with van der Waals surface area (Å²) in [5, 5.41) is 0.731. The predicted octanol–water partition coefficient (Wildman–Crippen LogP) is 5.70. The molecule has 0 aromatic heterocycles. The van der Waals surface area contributed by atoms with Crippen LogP contribution in [0.25, 0.3) is 0 Å². The normalized spacial score (nSPS) is 25.4. The zero-order valence-corrected chi connectivity index (χ0v) is 24.0. The molecule has 1 aromatic carbocycles. The van der Waals surface area contributed by atoms with Gasteiger partial charge in [0.2, 0.25) is 0 Å². The SMILES string of the molecule is CCOC(=O)/C(C)=C\C/C=C(\Cl)CC[C@@H]1C[C@@H](OCc2ccc(OC)c(OC)c2)[C@@H]([C@H]2COC(C)(C)O2)O1. The molecule has 2 saturated heterocycles. The third kappa shape index (κ3) is 8.71. The van der Waals surface area contributed by atoms with Gasteiger partial charge >= 0.3 is 5.97 Å². The van der Waals surface area contributed by atoms with E-state index in [0.717, 1.165) is 23.4 Å². The Morgan fingerprint density at radius 3 is 2.61 bits per heavy atom. The van der Waals surface area contributed by atoms with E-state index in [1.165, 1.54) is 0 Å². The molecule has 2 aliphatic heterocycles. The fraction of sp³-hybridized carbons (Fsp3) is 0.621. The van der Waals surface area contributed by atoms with Crippen LogP contribution in [0.3, 0.4) is 0 Å². The van der Waals surface area contributed by atoms with Crippen LogP contribution in [0.1, 0.15) is 58.9 Å². The van der Waals surface area contributed by atoms with Gasteiger partial charge in [-0.15, -0.1) is 0 Å². The second-order valence-corrected chi connectivity index (χ2v) is 10.4. The van der Waals surface area contributed by atoms with Crippen molar-refractivity contribution >= 4 is 17.6 Å². The maximum atomic E-state index is 11.7. The molecule has 0 aliphatic carbocycles. The monoisotopic (exact) mass is 552 g/mol. The van der Waals surface area contributed by atoms with Crippen LogP contribution in [0.15, 0.2) is 41.0 Å². The number of allylic oxidation sites excluding steroid dienone is 3. The van der Waals surface area contributed by atoms with Gasteiger partial charge in [0.05, 0.1) is 46.2 Å². The quantitative estimate of drug-likeness (QED) is 0.228. The van der Waals surface area contributed by atoms with Crippen LogP contribution in [0.2, 0.25) is 0 Å². The van der Waals surface area contributed by atoms with Crippen LogP contribution in [0.4, 0.5) is 0 Å². The van der Waals surface area contributed by atoms with Crippen molar-refractivity contribution in [3.8, 4) is 11.5 Å². The Bertz CT molecular complexity index is 989. The number of methoxy groups -OCH3 is 2. The summed E-state index contributed by atoms with van der Waals surface area (Å²) in [6.07, 6.45) is 5.79. The van der Waals surface area contributed by atoms with Crippen molar-refractivity contribution in [3.63, 3.8) is 0 Å². The van der Waals surface area contributed by atoms with Crippen molar-refractivity contribution in [1.82, 2.24) is 0 Å². The molecule has 0 radical (unpaired) electrons. The van der Waals surface area contributed by atoms with Crippen LogP contribution >= 0.6 is 11.6 Å². The first-order valence-corrected chi connectivity index (χ1v) is 13.5. The summed E-state index contributed by atoms with van der Waals surface area (Å²) in [5.41, 5.74) is 1.55. The van der Waals surface area contributed by atoms with E-state index in [1.807, 2.05) is 44.2 Å². The molecule has 0 spiro atoms. The van der Waals surface area contributed by atoms with Gasteiger partial charge in [0.1, 0.15) is 12.2 Å². The number of ether oxygens (including phenoxy) is 7. The van der Waals surface area contributed by atoms with Gasteiger partial charge in [-0.05, 0) is 64.7 Å². The summed E-state index contributed by atoms with van der Waals surface area (Å²) in [7, 11) is 3.23. The molecule has 0 unspecified atom stereocenters. The molecule has 0 N–H and O–H groups in total. The molecule has 2 aliphatic rings. The van der Waals surface area contributed by atoms with E-state index in [4.69, 9.17) is 44.8 Å². The Kier molecular flexibility index (Phi) is 11.5. The van der Waals surface area contributed by atoms with Gasteiger partial charge in [-0.3, -0.25) is 0 Å². The van der Waals surface area contributed by atoms with Gasteiger partial charge < -0.3 is 33.2 Å². The Morgan fingerprint density at radius 1 is 1.18 bits per heavy atom. The van der Waals surface area contributed by atoms with Crippen LogP contribution in [0.5, 0.6) is 11.5 Å². The summed E-state index contributed by atoms with van der Waals surface area (Å²) < 4.78 is 40.5. The topological polar surface area (TPSA) is 81.7 Å². The van der Waals surface area contributed by atoms with Crippen molar-refractivity contribution in [3.05, 3.63) is 46.5 Å². The second kappa shape index (κ2) is 14.3. The first-order valence-electron chi connectivity index (χ1n) is 13.1. The van der Waals surface area contributed by atoms with Crippen molar-refractivity contribution in [2.45, 2.75) is 90.2 Å². The van der Waals surface area contributed by atoms with Gasteiger partial charge in [-0.1, -0.05) is 29.8 Å². The number of benzene rings is 1. The van der Waals surface area contributed by atoms with Crippen molar-refractivity contribution in [1.29, 1.82) is 0 Å². The average molecular weight is 553 g/mol. The van der Waals surface area contributed by atoms with Gasteiger partial charge in [-0.25, -0.2) is 4.79 Å². The fourth-order valence-electron chi connectivity index (χ4n) is 4.58. The summed E-state index contributed by atoms with van der Waals surface area (Å²) in [6, 6.07) is 5.75. The second-order valence-electron chi connectivity index (χ2n) is 9.90. The van der Waals surface area contributed by atoms with Crippen LogP contribution in [0, 0.1) is 0 Å². The highest BCUT2D eigenvalue weighted by Crippen LogP contribution is 2.36. The lowest BCUT2D eigenvalue weighted by atomic mass is 10.0. The van der Waals surface area contributed by atoms with E-state index >= 15 is 0 Å². The average Bonchev–Trinajstić information content (AvgIpc) is 3.48. The first-order chi connectivity index (χ1) is 18.2. The molecule has 0 bridgehead atoms. The molecule has 212 valence electrons. The van der Waals surface area contributed by atoms with E-state index in [1.54, 1.807) is 28.1 Å². The fourth-order valence-corrected chi connectivity index (χ4v) is 4.78. The van der Waals surface area contributed by atoms with Crippen molar-refractivity contribution in [2.24, 2.45) is 0 Å². The highest BCUT2D eigenvalue weighted by atomic mass is 35.5. The minimum atomic E-state index is -0.652. The number of esters is 1. The standard InChI is InChI=1S/C29H41ClO8/c1-7-34-28(31)19(2)9-8-10-21(30)12-13-22-16-25(27(37-22)26-18-36-29(3,4)38-26)35-17-20-11-14-23(32-5)24(15-20)33-6/h9-11,14-15,22,25-27H,7-8,12-13,16-18H2,1-6H3/b19-9-,21-10-/t22-,25-,26-,27+/m1/s1. The molecule has 38 heavy (non-hydrogen) atoms. The number of carbonyl (C=O) groups is 1. The molecule has 0 amide bonds. The third-order valence-electron chi connectivity index (χ3n) is 6.59.